The third-order valence-corrected chi connectivity index (χ3v) is 15.4. The van der Waals surface area contributed by atoms with Crippen molar-refractivity contribution in [3.8, 4) is 0 Å². The zero-order chi connectivity index (χ0) is 53.4. The lowest BCUT2D eigenvalue weighted by Gasteiger charge is -2.44. The topological polar surface area (TPSA) is 179 Å². The normalized spacial score (nSPS) is 29.0. The van der Waals surface area contributed by atoms with Crippen LogP contribution in [-0.2, 0) is 42.9 Å². The molecule has 5 aliphatic rings. The monoisotopic (exact) mass is 1010 g/mol. The predicted octanol–water partition coefficient (Wildman–Crippen LogP) is 10.9. The zero-order valence-corrected chi connectivity index (χ0v) is 47.0. The Hall–Kier alpha value is -3.49. The third kappa shape index (κ3) is 19.7. The molecule has 3 amide bonds. The molecular formula is C58H99N3O11. The number of carbonyl (C=O) groups is 5. The number of allylic oxidation sites excluding steroid dienone is 3. The van der Waals surface area contributed by atoms with E-state index in [-0.39, 0.29) is 84.9 Å². The maximum Gasteiger partial charge on any atom is 0.317 e. The summed E-state index contributed by atoms with van der Waals surface area (Å²) in [4.78, 5) is 65.6. The second-order valence-corrected chi connectivity index (χ2v) is 24.9. The molecule has 5 rings (SSSR count). The summed E-state index contributed by atoms with van der Waals surface area (Å²) in [5.74, 6) is -0.693. The van der Waals surface area contributed by atoms with E-state index in [1.54, 1.807) is 13.8 Å². The van der Waals surface area contributed by atoms with Crippen molar-refractivity contribution in [2.24, 2.45) is 39.9 Å². The van der Waals surface area contributed by atoms with E-state index in [1.807, 2.05) is 39.5 Å². The maximum absolute atomic E-state index is 13.4. The van der Waals surface area contributed by atoms with Crippen LogP contribution in [0, 0.1) is 39.9 Å². The van der Waals surface area contributed by atoms with Crippen molar-refractivity contribution in [2.45, 2.75) is 248 Å². The number of aliphatic hydroxyl groups excluding tert-OH is 1. The van der Waals surface area contributed by atoms with Crippen LogP contribution in [0.25, 0.3) is 0 Å². The molecule has 0 aromatic carbocycles. The Morgan fingerprint density at radius 3 is 2.24 bits per heavy atom. The lowest BCUT2D eigenvalue weighted by Crippen LogP contribution is -2.56. The molecule has 3 fully saturated rings. The Bertz CT molecular complexity index is 1820. The second-order valence-electron chi connectivity index (χ2n) is 24.9. The van der Waals surface area contributed by atoms with Crippen LogP contribution < -0.4 is 10.6 Å². The van der Waals surface area contributed by atoms with E-state index in [0.717, 1.165) is 70.8 Å². The van der Waals surface area contributed by atoms with E-state index in [2.05, 4.69) is 70.4 Å². The van der Waals surface area contributed by atoms with Crippen molar-refractivity contribution < 1.29 is 52.8 Å². The minimum atomic E-state index is -0.840. The minimum Gasteiger partial charge on any atom is -0.462 e. The molecule has 0 bridgehead atoms. The number of hydrogen-bond acceptors (Lipinski definition) is 11. The number of carbonyl (C=O) groups excluding carboxylic acids is 5. The highest BCUT2D eigenvalue weighted by Gasteiger charge is 2.46. The zero-order valence-electron chi connectivity index (χ0n) is 47.0. The highest BCUT2D eigenvalue weighted by atomic mass is 16.7. The number of rotatable bonds is 21. The summed E-state index contributed by atoms with van der Waals surface area (Å²) >= 11 is 0. The first kappa shape index (κ1) is 61.1. The number of fused-ring (bicyclic) bond motifs is 1. The predicted molar refractivity (Wildman–Crippen MR) is 281 cm³/mol. The molecule has 3 aliphatic carbocycles. The van der Waals surface area contributed by atoms with Crippen LogP contribution in [0.1, 0.15) is 206 Å². The summed E-state index contributed by atoms with van der Waals surface area (Å²) in [6, 6.07) is -0.280. The van der Waals surface area contributed by atoms with Gasteiger partial charge < -0.3 is 44.3 Å². The number of unbranched alkanes of at least 4 members (excludes halogenated alkanes) is 6. The summed E-state index contributed by atoms with van der Waals surface area (Å²) in [6.07, 6.45) is 20.5. The van der Waals surface area contributed by atoms with Crippen molar-refractivity contribution in [2.75, 3.05) is 26.2 Å². The van der Waals surface area contributed by atoms with Gasteiger partial charge in [-0.15, -0.1) is 0 Å². The van der Waals surface area contributed by atoms with E-state index >= 15 is 0 Å². The first-order valence-electron chi connectivity index (χ1n) is 28.1. The van der Waals surface area contributed by atoms with Crippen LogP contribution in [0.2, 0.25) is 0 Å². The second kappa shape index (κ2) is 27.9. The molecule has 412 valence electrons. The van der Waals surface area contributed by atoms with E-state index < -0.39 is 28.8 Å². The van der Waals surface area contributed by atoms with Crippen LogP contribution in [0.3, 0.4) is 0 Å². The van der Waals surface area contributed by atoms with Crippen LogP contribution in [0.4, 0.5) is 4.79 Å². The molecule has 0 spiro atoms. The fourth-order valence-electron chi connectivity index (χ4n) is 10.7. The van der Waals surface area contributed by atoms with Crippen molar-refractivity contribution in [3.63, 3.8) is 0 Å². The van der Waals surface area contributed by atoms with Crippen LogP contribution in [0.5, 0.6) is 0 Å². The van der Waals surface area contributed by atoms with Gasteiger partial charge in [0.05, 0.1) is 37.0 Å². The van der Waals surface area contributed by atoms with Gasteiger partial charge >= 0.3 is 23.9 Å². The maximum atomic E-state index is 13.4. The molecule has 2 aliphatic heterocycles. The van der Waals surface area contributed by atoms with Gasteiger partial charge in [0.25, 0.3) is 0 Å². The summed E-state index contributed by atoms with van der Waals surface area (Å²) in [7, 11) is 0. The standard InChI is InChI=1S/C33H61N3O6.C25H38O5/c1-9-10-11-12-13-14-17-22-36(23-31(2,3)4)30(39)35-25-18-15-16-19-26(25)41-27(37)20-21-34-29(38)28-32(5,6)24-40-33(7,8)42-28;1-6-25(4,5)24(28)30-21-12-15(2)11-17-8-7-16(3)20(23(17)21)10-9-19-13-18(26)14-22(27)29-19/h25-26,28H,9-24H2,1-8H3,(H,34,38)(H,35,39);7-8,11,15-16,18-21,23,26H,6,9-10,12-14H2,1-5H3/t25-,26-,28?;15-,16-,18+,19+,20-,21-,23-/m00/s1. The smallest absolute Gasteiger partial charge is 0.317 e. The number of aliphatic hydroxyl groups is 1. The van der Waals surface area contributed by atoms with Crippen LogP contribution in [0.15, 0.2) is 23.8 Å². The van der Waals surface area contributed by atoms with E-state index in [1.165, 1.54) is 37.7 Å². The van der Waals surface area contributed by atoms with Gasteiger partial charge in [-0.05, 0) is 108 Å². The van der Waals surface area contributed by atoms with E-state index in [9.17, 15) is 29.1 Å². The first-order valence-corrected chi connectivity index (χ1v) is 28.1. The van der Waals surface area contributed by atoms with Gasteiger partial charge in [0.15, 0.2) is 5.79 Å². The van der Waals surface area contributed by atoms with Gasteiger partial charge in [-0.2, -0.15) is 0 Å². The number of hydrogen-bond donors (Lipinski definition) is 3. The lowest BCUT2D eigenvalue weighted by atomic mass is 9.65. The van der Waals surface area contributed by atoms with Crippen LogP contribution in [-0.4, -0.2) is 108 Å². The Morgan fingerprint density at radius 2 is 1.57 bits per heavy atom. The van der Waals surface area contributed by atoms with Crippen molar-refractivity contribution in [1.82, 2.24) is 15.5 Å². The summed E-state index contributed by atoms with van der Waals surface area (Å²) in [5, 5.41) is 16.0. The SMILES string of the molecule is CCC(C)(C)C(=O)O[C@H]1C[C@@H](C)C=C2C=C[C@H](C)[C@H](CC[C@@H]3C[C@@H](O)CC(=O)O3)[C@H]21.CCCCCCCCCN(CC(C)(C)C)C(=O)N[C@H]1CCCC[C@@H]1OC(=O)CCNC(=O)C1OC(C)(C)OCC1(C)C. The highest BCUT2D eigenvalue weighted by molar-refractivity contribution is 5.82. The number of ether oxygens (including phenoxy) is 5. The van der Waals surface area contributed by atoms with Crippen molar-refractivity contribution in [3.05, 3.63) is 23.8 Å². The third-order valence-electron chi connectivity index (χ3n) is 15.4. The quantitative estimate of drug-likeness (QED) is 0.0566. The molecule has 0 aromatic rings. The fourth-order valence-corrected chi connectivity index (χ4v) is 10.7. The average molecular weight is 1010 g/mol. The summed E-state index contributed by atoms with van der Waals surface area (Å²) in [5.41, 5.74) is 0.290. The molecule has 0 radical (unpaired) electrons. The fraction of sp³-hybridized carbons (Fsp3) is 0.845. The van der Waals surface area contributed by atoms with Crippen LogP contribution >= 0.6 is 0 Å². The Labute approximate surface area is 434 Å². The summed E-state index contributed by atoms with van der Waals surface area (Å²) in [6.45, 7) is 28.4. The molecule has 2 heterocycles. The first-order chi connectivity index (χ1) is 33.7. The van der Waals surface area contributed by atoms with Gasteiger partial charge in [-0.25, -0.2) is 4.79 Å². The van der Waals surface area contributed by atoms with Crippen molar-refractivity contribution in [1.29, 1.82) is 0 Å². The Morgan fingerprint density at radius 1 is 0.889 bits per heavy atom. The van der Waals surface area contributed by atoms with E-state index in [4.69, 9.17) is 23.7 Å². The van der Waals surface area contributed by atoms with Gasteiger partial charge in [0.1, 0.15) is 24.4 Å². The van der Waals surface area contributed by atoms with Gasteiger partial charge in [0.2, 0.25) is 5.91 Å². The molecule has 14 heteroatoms. The Kier molecular flexibility index (Phi) is 23.6. The molecule has 3 N–H and O–H groups in total. The molecule has 1 unspecified atom stereocenters. The highest BCUT2D eigenvalue weighted by Crippen LogP contribution is 2.46. The van der Waals surface area contributed by atoms with Crippen molar-refractivity contribution >= 4 is 29.8 Å². The summed E-state index contributed by atoms with van der Waals surface area (Å²) < 4.78 is 29.1. The van der Waals surface area contributed by atoms with Gasteiger partial charge in [-0.3, -0.25) is 19.2 Å². The molecule has 0 aromatic heterocycles. The minimum absolute atomic E-state index is 0.0119. The molecule has 10 atom stereocenters. The molecule has 1 saturated carbocycles. The largest absolute Gasteiger partial charge is 0.462 e. The molecule has 72 heavy (non-hydrogen) atoms. The number of urea groups is 1. The number of esters is 3. The lowest BCUT2D eigenvalue weighted by molar-refractivity contribution is -0.304. The molecule has 2 saturated heterocycles. The van der Waals surface area contributed by atoms with Gasteiger partial charge in [0, 0.05) is 37.4 Å². The molecular weight excluding hydrogens is 915 g/mol. The number of nitrogens with zero attached hydrogens (tertiary/aromatic N) is 1. The average Bonchev–Trinajstić information content (AvgIpc) is 3.29. The van der Waals surface area contributed by atoms with Gasteiger partial charge in [-0.1, -0.05) is 125 Å². The van der Waals surface area contributed by atoms with E-state index in [0.29, 0.717) is 37.3 Å². The Balaban J connectivity index is 0.000000329. The molecule has 14 nitrogen and oxygen atoms in total. The number of amides is 3. The number of cyclic esters (lactones) is 1. The number of nitrogens with one attached hydrogen (secondary N) is 2.